The van der Waals surface area contributed by atoms with Crippen LogP contribution in [-0.4, -0.2) is 16.5 Å². The number of fused-ring (bicyclic) bond motifs is 1. The van der Waals surface area contributed by atoms with E-state index in [2.05, 4.69) is 38.1 Å². The maximum absolute atomic E-state index is 5.58. The summed E-state index contributed by atoms with van der Waals surface area (Å²) >= 11 is 3.55. The van der Waals surface area contributed by atoms with Crippen LogP contribution in [0.2, 0.25) is 0 Å². The molecule has 0 unspecified atom stereocenters. The second kappa shape index (κ2) is 5.85. The van der Waals surface area contributed by atoms with Gasteiger partial charge in [0, 0.05) is 11.9 Å². The average Bonchev–Trinajstić information content (AvgIpc) is 2.92. The normalized spacial score (nSPS) is 11.0. The van der Waals surface area contributed by atoms with Gasteiger partial charge in [0.25, 0.3) is 0 Å². The summed E-state index contributed by atoms with van der Waals surface area (Å²) in [6.45, 7) is 4.97. The maximum atomic E-state index is 5.58. The molecule has 0 atom stereocenters. The number of nitrogens with one attached hydrogen (secondary N) is 1. The van der Waals surface area contributed by atoms with E-state index in [0.717, 1.165) is 45.5 Å². The summed E-state index contributed by atoms with van der Waals surface area (Å²) < 4.78 is 6.49. The van der Waals surface area contributed by atoms with E-state index >= 15 is 0 Å². The molecule has 0 saturated carbocycles. The van der Waals surface area contributed by atoms with Gasteiger partial charge >= 0.3 is 0 Å². The van der Waals surface area contributed by atoms with E-state index in [9.17, 15) is 0 Å². The van der Waals surface area contributed by atoms with Crippen molar-refractivity contribution in [1.29, 1.82) is 0 Å². The Bertz CT molecular complexity index is 782. The summed E-state index contributed by atoms with van der Waals surface area (Å²) in [4.78, 5) is 9.21. The minimum atomic E-state index is 0.680. The van der Waals surface area contributed by atoms with Crippen LogP contribution in [0.15, 0.2) is 39.4 Å². The van der Waals surface area contributed by atoms with Gasteiger partial charge in [-0.2, -0.15) is 0 Å². The van der Waals surface area contributed by atoms with Crippen LogP contribution in [0.4, 0.5) is 5.82 Å². The third-order valence-corrected chi connectivity index (χ3v) is 4.23. The van der Waals surface area contributed by atoms with E-state index in [1.807, 2.05) is 31.2 Å². The molecule has 2 aromatic heterocycles. The van der Waals surface area contributed by atoms with Gasteiger partial charge in [0.2, 0.25) is 0 Å². The minimum absolute atomic E-state index is 0.680. The molecule has 2 heterocycles. The Labute approximate surface area is 131 Å². The van der Waals surface area contributed by atoms with Gasteiger partial charge in [-0.05, 0) is 35.3 Å². The maximum Gasteiger partial charge on any atom is 0.165 e. The first-order chi connectivity index (χ1) is 10.2. The number of rotatable bonds is 4. The zero-order valence-electron chi connectivity index (χ0n) is 12.0. The number of benzene rings is 1. The fourth-order valence-corrected chi connectivity index (χ4v) is 2.51. The van der Waals surface area contributed by atoms with Crippen LogP contribution in [0, 0.1) is 6.92 Å². The molecule has 4 nitrogen and oxygen atoms in total. The summed E-state index contributed by atoms with van der Waals surface area (Å²) in [6, 6.07) is 7.91. The van der Waals surface area contributed by atoms with Crippen molar-refractivity contribution in [3.63, 3.8) is 0 Å². The van der Waals surface area contributed by atoms with Gasteiger partial charge in [0.05, 0.1) is 15.7 Å². The van der Waals surface area contributed by atoms with E-state index in [1.54, 1.807) is 6.26 Å². The summed E-state index contributed by atoms with van der Waals surface area (Å²) in [7, 11) is 0. The smallest absolute Gasteiger partial charge is 0.165 e. The quantitative estimate of drug-likeness (QED) is 0.738. The number of hydrogen-bond donors (Lipinski definition) is 1. The largest absolute Gasteiger partial charge is 0.464 e. The number of halogens is 1. The lowest BCUT2D eigenvalue weighted by Crippen LogP contribution is -2.06. The molecule has 21 heavy (non-hydrogen) atoms. The van der Waals surface area contributed by atoms with E-state index in [-0.39, 0.29) is 0 Å². The van der Waals surface area contributed by atoms with Gasteiger partial charge in [-0.1, -0.05) is 25.1 Å². The molecule has 0 spiro atoms. The van der Waals surface area contributed by atoms with Crippen molar-refractivity contribution in [2.75, 3.05) is 11.9 Å². The summed E-state index contributed by atoms with van der Waals surface area (Å²) in [5, 5.41) is 4.35. The van der Waals surface area contributed by atoms with Crippen LogP contribution >= 0.6 is 15.9 Å². The van der Waals surface area contributed by atoms with Crippen LogP contribution in [0.3, 0.4) is 0 Å². The van der Waals surface area contributed by atoms with E-state index in [1.165, 1.54) is 0 Å². The standard InChI is InChI=1S/C16H16BrN3O/c1-3-8-18-16-14(17)10(2)19-15(20-16)12-9-21-13-7-5-4-6-11(12)13/h4-7,9H,3,8H2,1-2H3,(H,18,19,20). The molecule has 5 heteroatoms. The molecule has 1 N–H and O–H groups in total. The van der Waals surface area contributed by atoms with Crippen molar-refractivity contribution in [1.82, 2.24) is 9.97 Å². The molecular weight excluding hydrogens is 330 g/mol. The van der Waals surface area contributed by atoms with Crippen LogP contribution in [-0.2, 0) is 0 Å². The predicted molar refractivity (Wildman–Crippen MR) is 88.5 cm³/mol. The van der Waals surface area contributed by atoms with Gasteiger partial charge in [-0.15, -0.1) is 0 Å². The average molecular weight is 346 g/mol. The number of aromatic nitrogens is 2. The fourth-order valence-electron chi connectivity index (χ4n) is 2.19. The Kier molecular flexibility index (Phi) is 3.92. The molecular formula is C16H16BrN3O. The Hall–Kier alpha value is -1.88. The van der Waals surface area contributed by atoms with Crippen molar-refractivity contribution in [2.24, 2.45) is 0 Å². The first-order valence-corrected chi connectivity index (χ1v) is 7.74. The SMILES string of the molecule is CCCNc1nc(-c2coc3ccccc23)nc(C)c1Br. The molecule has 0 radical (unpaired) electrons. The number of para-hydroxylation sites is 1. The van der Waals surface area contributed by atoms with E-state index in [4.69, 9.17) is 4.42 Å². The highest BCUT2D eigenvalue weighted by Gasteiger charge is 2.14. The first kappa shape index (κ1) is 14.1. The van der Waals surface area contributed by atoms with Gasteiger partial charge in [0.15, 0.2) is 5.82 Å². The lowest BCUT2D eigenvalue weighted by Gasteiger charge is -2.10. The van der Waals surface area contributed by atoms with Crippen molar-refractivity contribution in [3.05, 3.63) is 40.7 Å². The molecule has 1 aromatic carbocycles. The monoisotopic (exact) mass is 345 g/mol. The topological polar surface area (TPSA) is 51.0 Å². The zero-order chi connectivity index (χ0) is 14.8. The molecule has 0 bridgehead atoms. The van der Waals surface area contributed by atoms with Gasteiger partial charge < -0.3 is 9.73 Å². The Morgan fingerprint density at radius 2 is 2.05 bits per heavy atom. The van der Waals surface area contributed by atoms with E-state index < -0.39 is 0 Å². The number of hydrogen-bond acceptors (Lipinski definition) is 4. The van der Waals surface area contributed by atoms with E-state index in [0.29, 0.717) is 5.82 Å². The Balaban J connectivity index is 2.11. The van der Waals surface area contributed by atoms with Gasteiger partial charge in [-0.25, -0.2) is 9.97 Å². The molecule has 0 fully saturated rings. The second-order valence-corrected chi connectivity index (χ2v) is 5.66. The lowest BCUT2D eigenvalue weighted by atomic mass is 10.1. The third kappa shape index (κ3) is 2.65. The highest BCUT2D eigenvalue weighted by atomic mass is 79.9. The van der Waals surface area contributed by atoms with Crippen molar-refractivity contribution in [2.45, 2.75) is 20.3 Å². The molecule has 0 aliphatic carbocycles. The zero-order valence-corrected chi connectivity index (χ0v) is 13.6. The van der Waals surface area contributed by atoms with Crippen LogP contribution < -0.4 is 5.32 Å². The van der Waals surface area contributed by atoms with Crippen molar-refractivity contribution < 1.29 is 4.42 Å². The Morgan fingerprint density at radius 1 is 1.24 bits per heavy atom. The highest BCUT2D eigenvalue weighted by Crippen LogP contribution is 2.31. The van der Waals surface area contributed by atoms with Gasteiger partial charge in [0.1, 0.15) is 17.7 Å². The van der Waals surface area contributed by atoms with Crippen LogP contribution in [0.5, 0.6) is 0 Å². The minimum Gasteiger partial charge on any atom is -0.464 e. The molecule has 108 valence electrons. The highest BCUT2D eigenvalue weighted by molar-refractivity contribution is 9.10. The van der Waals surface area contributed by atoms with Crippen LogP contribution in [0.25, 0.3) is 22.4 Å². The lowest BCUT2D eigenvalue weighted by molar-refractivity contribution is 0.616. The van der Waals surface area contributed by atoms with Crippen molar-refractivity contribution >= 4 is 32.7 Å². The number of nitrogens with zero attached hydrogens (tertiary/aromatic N) is 2. The molecule has 3 aromatic rings. The summed E-state index contributed by atoms with van der Waals surface area (Å²) in [6.07, 6.45) is 2.76. The summed E-state index contributed by atoms with van der Waals surface area (Å²) in [5.41, 5.74) is 2.67. The fraction of sp³-hybridized carbons (Fsp3) is 0.250. The number of aryl methyl sites for hydroxylation is 1. The summed E-state index contributed by atoms with van der Waals surface area (Å²) in [5.74, 6) is 1.50. The van der Waals surface area contributed by atoms with Crippen LogP contribution in [0.1, 0.15) is 19.0 Å². The molecule has 0 amide bonds. The second-order valence-electron chi connectivity index (χ2n) is 4.87. The number of furan rings is 1. The van der Waals surface area contributed by atoms with Gasteiger partial charge in [-0.3, -0.25) is 0 Å². The molecule has 0 aliphatic rings. The molecule has 0 aliphatic heterocycles. The predicted octanol–water partition coefficient (Wildman–Crippen LogP) is 4.78. The first-order valence-electron chi connectivity index (χ1n) is 6.95. The Morgan fingerprint density at radius 3 is 2.86 bits per heavy atom. The third-order valence-electron chi connectivity index (χ3n) is 3.28. The van der Waals surface area contributed by atoms with Crippen molar-refractivity contribution in [3.8, 4) is 11.4 Å². The number of anilines is 1. The molecule has 3 rings (SSSR count). The molecule has 0 saturated heterocycles.